The summed E-state index contributed by atoms with van der Waals surface area (Å²) in [6.07, 6.45) is 8.74. The number of halogens is 2. The van der Waals surface area contributed by atoms with Gasteiger partial charge in [0.25, 0.3) is 0 Å². The standard InChI is InChI=1S/C13H20FI/c1-9(6-10-2-3-10)13(11-4-5-11)7-12(14)8-15/h7,9-11,13H,2-6,8H2,1H3/b12-7+. The van der Waals surface area contributed by atoms with Crippen LogP contribution in [0.2, 0.25) is 0 Å². The van der Waals surface area contributed by atoms with Crippen LogP contribution in [-0.2, 0) is 0 Å². The monoisotopic (exact) mass is 322 g/mol. The molecule has 0 aromatic carbocycles. The summed E-state index contributed by atoms with van der Waals surface area (Å²) >= 11 is 2.11. The van der Waals surface area contributed by atoms with Gasteiger partial charge in [0.15, 0.2) is 0 Å². The second-order valence-electron chi connectivity index (χ2n) is 5.32. The molecule has 0 N–H and O–H groups in total. The zero-order valence-corrected chi connectivity index (χ0v) is 11.5. The first-order valence-corrected chi connectivity index (χ1v) is 7.65. The van der Waals surface area contributed by atoms with Gasteiger partial charge in [-0.1, -0.05) is 42.4 Å². The normalized spacial score (nSPS) is 26.5. The van der Waals surface area contributed by atoms with Crippen LogP contribution < -0.4 is 0 Å². The van der Waals surface area contributed by atoms with Gasteiger partial charge in [-0.05, 0) is 49.0 Å². The van der Waals surface area contributed by atoms with E-state index in [2.05, 4.69) is 29.5 Å². The summed E-state index contributed by atoms with van der Waals surface area (Å²) in [7, 11) is 0. The van der Waals surface area contributed by atoms with Crippen molar-refractivity contribution in [2.24, 2.45) is 23.7 Å². The first-order valence-electron chi connectivity index (χ1n) is 6.13. The quantitative estimate of drug-likeness (QED) is 0.489. The van der Waals surface area contributed by atoms with Gasteiger partial charge in [-0.3, -0.25) is 0 Å². The molecule has 2 saturated carbocycles. The third-order valence-electron chi connectivity index (χ3n) is 3.73. The molecule has 0 saturated heterocycles. The lowest BCUT2D eigenvalue weighted by Gasteiger charge is -2.20. The van der Waals surface area contributed by atoms with Crippen molar-refractivity contribution in [3.05, 3.63) is 11.9 Å². The average molecular weight is 322 g/mol. The average Bonchev–Trinajstić information content (AvgIpc) is 3.05. The molecule has 2 aliphatic rings. The molecule has 0 aromatic rings. The predicted molar refractivity (Wildman–Crippen MR) is 70.8 cm³/mol. The van der Waals surface area contributed by atoms with Crippen molar-refractivity contribution < 1.29 is 4.39 Å². The number of hydrogen-bond donors (Lipinski definition) is 0. The predicted octanol–water partition coefficient (Wildman–Crippen LogP) is 4.74. The van der Waals surface area contributed by atoms with E-state index in [-0.39, 0.29) is 5.83 Å². The molecule has 15 heavy (non-hydrogen) atoms. The first kappa shape index (κ1) is 11.9. The van der Waals surface area contributed by atoms with Gasteiger partial charge in [-0.25, -0.2) is 4.39 Å². The van der Waals surface area contributed by atoms with E-state index >= 15 is 0 Å². The summed E-state index contributed by atoms with van der Waals surface area (Å²) in [5.41, 5.74) is 0. The molecule has 0 aliphatic heterocycles. The number of hydrogen-bond acceptors (Lipinski definition) is 0. The van der Waals surface area contributed by atoms with E-state index in [1.807, 2.05) is 6.08 Å². The van der Waals surface area contributed by atoms with Gasteiger partial charge in [0.1, 0.15) is 5.83 Å². The molecule has 2 heteroatoms. The maximum Gasteiger partial charge on any atom is 0.106 e. The highest BCUT2D eigenvalue weighted by Crippen LogP contribution is 2.46. The van der Waals surface area contributed by atoms with Crippen molar-refractivity contribution in [2.75, 3.05) is 4.43 Å². The van der Waals surface area contributed by atoms with E-state index in [1.54, 1.807) is 0 Å². The Hall–Kier alpha value is 0.400. The third kappa shape index (κ3) is 3.72. The Morgan fingerprint density at radius 3 is 2.53 bits per heavy atom. The van der Waals surface area contributed by atoms with Crippen molar-refractivity contribution in [1.29, 1.82) is 0 Å². The van der Waals surface area contributed by atoms with E-state index in [1.165, 1.54) is 32.1 Å². The van der Waals surface area contributed by atoms with Crippen molar-refractivity contribution in [3.8, 4) is 0 Å². The van der Waals surface area contributed by atoms with Gasteiger partial charge in [-0.15, -0.1) is 0 Å². The van der Waals surface area contributed by atoms with Crippen molar-refractivity contribution >= 4 is 22.6 Å². The largest absolute Gasteiger partial charge is 0.211 e. The lowest BCUT2D eigenvalue weighted by Crippen LogP contribution is -2.13. The highest BCUT2D eigenvalue weighted by molar-refractivity contribution is 14.1. The molecule has 0 heterocycles. The lowest BCUT2D eigenvalue weighted by molar-refractivity contribution is 0.343. The van der Waals surface area contributed by atoms with Crippen LogP contribution in [0.3, 0.4) is 0 Å². The summed E-state index contributed by atoms with van der Waals surface area (Å²) in [4.78, 5) is 0. The van der Waals surface area contributed by atoms with Crippen LogP contribution in [0.1, 0.15) is 39.0 Å². The molecule has 2 aliphatic carbocycles. The van der Waals surface area contributed by atoms with Crippen molar-refractivity contribution in [3.63, 3.8) is 0 Å². The second-order valence-corrected chi connectivity index (χ2v) is 6.08. The van der Waals surface area contributed by atoms with E-state index in [4.69, 9.17) is 0 Å². The smallest absolute Gasteiger partial charge is 0.106 e. The van der Waals surface area contributed by atoms with Gasteiger partial charge in [0, 0.05) is 0 Å². The van der Waals surface area contributed by atoms with Crippen LogP contribution in [0.25, 0.3) is 0 Å². The molecule has 2 atom stereocenters. The SMILES string of the molecule is CC(CC1CC1)C(/C=C(/F)CI)C1CC1. The molecule has 0 aromatic heterocycles. The molecular weight excluding hydrogens is 302 g/mol. The van der Waals surface area contributed by atoms with E-state index in [9.17, 15) is 4.39 Å². The molecule has 0 spiro atoms. The maximum absolute atomic E-state index is 13.3. The Labute approximate surface area is 106 Å². The lowest BCUT2D eigenvalue weighted by atomic mass is 9.85. The minimum atomic E-state index is 0.0927. The van der Waals surface area contributed by atoms with Crippen LogP contribution in [0.15, 0.2) is 11.9 Å². The van der Waals surface area contributed by atoms with Gasteiger partial charge in [0.2, 0.25) is 0 Å². The zero-order valence-electron chi connectivity index (χ0n) is 9.39. The molecule has 0 bridgehead atoms. The Kier molecular flexibility index (Phi) is 4.08. The molecule has 0 amide bonds. The fourth-order valence-corrected chi connectivity index (χ4v) is 2.79. The highest BCUT2D eigenvalue weighted by Gasteiger charge is 2.36. The summed E-state index contributed by atoms with van der Waals surface area (Å²) in [6, 6.07) is 0. The number of allylic oxidation sites excluding steroid dienone is 2. The fraction of sp³-hybridized carbons (Fsp3) is 0.846. The topological polar surface area (TPSA) is 0 Å². The van der Waals surface area contributed by atoms with Crippen LogP contribution >= 0.6 is 22.6 Å². The molecule has 0 radical (unpaired) electrons. The minimum absolute atomic E-state index is 0.0927. The first-order chi connectivity index (χ1) is 7.20. The second kappa shape index (κ2) is 5.15. The summed E-state index contributed by atoms with van der Waals surface area (Å²) in [6.45, 7) is 2.32. The molecule has 2 unspecified atom stereocenters. The summed E-state index contributed by atoms with van der Waals surface area (Å²) < 4.78 is 13.9. The maximum atomic E-state index is 13.3. The van der Waals surface area contributed by atoms with E-state index in [0.717, 1.165) is 11.8 Å². The molecular formula is C13H20FI. The Morgan fingerprint density at radius 1 is 1.40 bits per heavy atom. The minimum Gasteiger partial charge on any atom is -0.211 e. The van der Waals surface area contributed by atoms with Gasteiger partial charge in [0.05, 0.1) is 4.43 Å². The van der Waals surface area contributed by atoms with Gasteiger partial charge < -0.3 is 0 Å². The molecule has 2 fully saturated rings. The summed E-state index contributed by atoms with van der Waals surface area (Å²) in [5, 5.41) is 0. The van der Waals surface area contributed by atoms with Crippen LogP contribution in [-0.4, -0.2) is 4.43 Å². The van der Waals surface area contributed by atoms with Crippen molar-refractivity contribution in [2.45, 2.75) is 39.0 Å². The van der Waals surface area contributed by atoms with Gasteiger partial charge in [-0.2, -0.15) is 0 Å². The number of rotatable bonds is 6. The zero-order chi connectivity index (χ0) is 10.8. The van der Waals surface area contributed by atoms with Gasteiger partial charge >= 0.3 is 0 Å². The summed E-state index contributed by atoms with van der Waals surface area (Å²) in [5.74, 6) is 3.08. The van der Waals surface area contributed by atoms with E-state index in [0.29, 0.717) is 16.3 Å². The van der Waals surface area contributed by atoms with Crippen LogP contribution in [0.5, 0.6) is 0 Å². The highest BCUT2D eigenvalue weighted by atomic mass is 127. The Balaban J connectivity index is 1.91. The Morgan fingerprint density at radius 2 is 2.07 bits per heavy atom. The third-order valence-corrected chi connectivity index (χ3v) is 4.46. The molecule has 2 rings (SSSR count). The van der Waals surface area contributed by atoms with E-state index < -0.39 is 0 Å². The molecule has 0 nitrogen and oxygen atoms in total. The molecule has 86 valence electrons. The van der Waals surface area contributed by atoms with Crippen LogP contribution in [0.4, 0.5) is 4.39 Å². The Bertz CT molecular complexity index is 241. The fourth-order valence-electron chi connectivity index (χ4n) is 2.54. The van der Waals surface area contributed by atoms with Crippen LogP contribution in [0, 0.1) is 23.7 Å². The van der Waals surface area contributed by atoms with Crippen molar-refractivity contribution in [1.82, 2.24) is 0 Å². The number of alkyl halides is 1.